The second kappa shape index (κ2) is 6.62. The van der Waals surface area contributed by atoms with E-state index in [0.29, 0.717) is 5.92 Å². The summed E-state index contributed by atoms with van der Waals surface area (Å²) in [6.07, 6.45) is 7.09. The molecule has 124 valence electrons. The van der Waals surface area contributed by atoms with E-state index in [1.54, 1.807) is 0 Å². The maximum atomic E-state index is 4.58. The van der Waals surface area contributed by atoms with Crippen LogP contribution in [0.1, 0.15) is 49.8 Å². The summed E-state index contributed by atoms with van der Waals surface area (Å²) in [6.45, 7) is 8.20. The molecule has 2 saturated heterocycles. The average Bonchev–Trinajstić information content (AvgIpc) is 2.95. The van der Waals surface area contributed by atoms with Crippen LogP contribution in [-0.4, -0.2) is 41.0 Å². The molecule has 2 aliphatic heterocycles. The molecule has 0 aromatic carbocycles. The quantitative estimate of drug-likeness (QED) is 0.914. The van der Waals surface area contributed by atoms with Crippen LogP contribution in [0.2, 0.25) is 0 Å². The van der Waals surface area contributed by atoms with E-state index in [0.717, 1.165) is 31.2 Å². The van der Waals surface area contributed by atoms with Crippen molar-refractivity contribution in [2.24, 2.45) is 5.92 Å². The molecule has 2 aliphatic rings. The summed E-state index contributed by atoms with van der Waals surface area (Å²) in [5.74, 6) is 1.48. The minimum atomic E-state index is 0.655. The van der Waals surface area contributed by atoms with Crippen molar-refractivity contribution in [1.29, 1.82) is 0 Å². The van der Waals surface area contributed by atoms with Gasteiger partial charge in [0.1, 0.15) is 5.65 Å². The minimum absolute atomic E-state index is 0.655. The Morgan fingerprint density at radius 2 is 2.13 bits per heavy atom. The van der Waals surface area contributed by atoms with E-state index >= 15 is 0 Å². The zero-order valence-electron chi connectivity index (χ0n) is 14.1. The van der Waals surface area contributed by atoms with Crippen molar-refractivity contribution in [3.05, 3.63) is 29.6 Å². The molecule has 2 aromatic rings. The third-order valence-electron chi connectivity index (χ3n) is 5.58. The van der Waals surface area contributed by atoms with Crippen molar-refractivity contribution in [2.75, 3.05) is 26.2 Å². The topological polar surface area (TPSA) is 44.0 Å². The molecular weight excluding hydrogens is 284 g/mol. The van der Waals surface area contributed by atoms with Gasteiger partial charge in [-0.25, -0.2) is 4.98 Å². The first-order chi connectivity index (χ1) is 11.3. The lowest BCUT2D eigenvalue weighted by Crippen LogP contribution is -2.34. The summed E-state index contributed by atoms with van der Waals surface area (Å²) in [4.78, 5) is 10.9. The third kappa shape index (κ3) is 3.15. The van der Waals surface area contributed by atoms with Crippen LogP contribution in [0.25, 0.3) is 11.0 Å². The standard InChI is InChI=1S/C19H28N4/c1-14-4-3-11-23(12-14)13-17-16-5-2-8-21-19(16)22-18(17)15-6-9-20-10-7-15/h2,5,8,14-15,20H,3-4,6-7,9-13H2,1H3,(H,21,22)/t14-/m1/s1. The van der Waals surface area contributed by atoms with Gasteiger partial charge in [0.05, 0.1) is 0 Å². The average molecular weight is 312 g/mol. The normalized spacial score (nSPS) is 24.3. The number of fused-ring (bicyclic) bond motifs is 1. The van der Waals surface area contributed by atoms with Gasteiger partial charge in [-0.05, 0) is 68.9 Å². The van der Waals surface area contributed by atoms with E-state index in [1.807, 2.05) is 6.20 Å². The monoisotopic (exact) mass is 312 g/mol. The third-order valence-corrected chi connectivity index (χ3v) is 5.58. The number of nitrogens with zero attached hydrogens (tertiary/aromatic N) is 2. The summed E-state index contributed by atoms with van der Waals surface area (Å²) in [5.41, 5.74) is 4.04. The molecular formula is C19H28N4. The van der Waals surface area contributed by atoms with Gasteiger partial charge in [0, 0.05) is 36.3 Å². The SMILES string of the molecule is C[C@@H]1CCCN(Cc2c(C3CCNCC3)[nH]c3ncccc23)C1. The number of nitrogens with one attached hydrogen (secondary N) is 2. The number of H-pyrrole nitrogens is 1. The number of aromatic amines is 1. The number of hydrogen-bond acceptors (Lipinski definition) is 3. The maximum absolute atomic E-state index is 4.58. The van der Waals surface area contributed by atoms with Crippen molar-refractivity contribution in [3.63, 3.8) is 0 Å². The lowest BCUT2D eigenvalue weighted by atomic mass is 9.91. The van der Waals surface area contributed by atoms with Gasteiger partial charge in [-0.2, -0.15) is 0 Å². The summed E-state index contributed by atoms with van der Waals surface area (Å²) < 4.78 is 0. The van der Waals surface area contributed by atoms with Gasteiger partial charge in [-0.3, -0.25) is 4.90 Å². The number of likely N-dealkylation sites (tertiary alicyclic amines) is 1. The molecule has 0 radical (unpaired) electrons. The Kier molecular flexibility index (Phi) is 4.36. The summed E-state index contributed by atoms with van der Waals surface area (Å²) in [5, 5.41) is 4.82. The summed E-state index contributed by atoms with van der Waals surface area (Å²) in [7, 11) is 0. The number of piperidine rings is 2. The Bertz CT molecular complexity index is 656. The molecule has 4 nitrogen and oxygen atoms in total. The van der Waals surface area contributed by atoms with Crippen LogP contribution < -0.4 is 5.32 Å². The number of aromatic nitrogens is 2. The molecule has 0 amide bonds. The van der Waals surface area contributed by atoms with Crippen molar-refractivity contribution >= 4 is 11.0 Å². The van der Waals surface area contributed by atoms with E-state index in [1.165, 1.54) is 55.4 Å². The molecule has 23 heavy (non-hydrogen) atoms. The Labute approximate surface area is 138 Å². The van der Waals surface area contributed by atoms with E-state index in [4.69, 9.17) is 0 Å². The van der Waals surface area contributed by atoms with Crippen molar-refractivity contribution in [2.45, 2.75) is 45.1 Å². The van der Waals surface area contributed by atoms with Gasteiger partial charge in [-0.15, -0.1) is 0 Å². The largest absolute Gasteiger partial charge is 0.343 e. The van der Waals surface area contributed by atoms with Crippen LogP contribution in [0, 0.1) is 5.92 Å². The van der Waals surface area contributed by atoms with E-state index in [9.17, 15) is 0 Å². The molecule has 4 rings (SSSR count). The first-order valence-electron chi connectivity index (χ1n) is 9.20. The number of hydrogen-bond donors (Lipinski definition) is 2. The highest BCUT2D eigenvalue weighted by atomic mass is 15.1. The van der Waals surface area contributed by atoms with Gasteiger partial charge in [-0.1, -0.05) is 6.92 Å². The molecule has 0 unspecified atom stereocenters. The molecule has 0 spiro atoms. The lowest BCUT2D eigenvalue weighted by molar-refractivity contribution is 0.176. The van der Waals surface area contributed by atoms with Crippen LogP contribution in [0.4, 0.5) is 0 Å². The summed E-state index contributed by atoms with van der Waals surface area (Å²) in [6, 6.07) is 4.32. The van der Waals surface area contributed by atoms with Gasteiger partial charge in [0.25, 0.3) is 0 Å². The van der Waals surface area contributed by atoms with Crippen molar-refractivity contribution in [3.8, 4) is 0 Å². The molecule has 2 aromatic heterocycles. The highest BCUT2D eigenvalue weighted by Crippen LogP contribution is 2.33. The van der Waals surface area contributed by atoms with Crippen LogP contribution in [0.15, 0.2) is 18.3 Å². The Morgan fingerprint density at radius 3 is 2.96 bits per heavy atom. The van der Waals surface area contributed by atoms with Crippen molar-refractivity contribution in [1.82, 2.24) is 20.2 Å². The van der Waals surface area contributed by atoms with Crippen LogP contribution in [0.5, 0.6) is 0 Å². The lowest BCUT2D eigenvalue weighted by Gasteiger charge is -2.31. The molecule has 4 heterocycles. The molecule has 4 heteroatoms. The first-order valence-corrected chi connectivity index (χ1v) is 9.20. The van der Waals surface area contributed by atoms with E-state index in [-0.39, 0.29) is 0 Å². The van der Waals surface area contributed by atoms with Gasteiger partial charge < -0.3 is 10.3 Å². The molecule has 1 atom stereocenters. The zero-order valence-corrected chi connectivity index (χ0v) is 14.1. The Balaban J connectivity index is 1.67. The molecule has 0 bridgehead atoms. The predicted octanol–water partition coefficient (Wildman–Crippen LogP) is 3.26. The zero-order chi connectivity index (χ0) is 15.6. The highest BCUT2D eigenvalue weighted by molar-refractivity contribution is 5.81. The molecule has 2 N–H and O–H groups in total. The second-order valence-corrected chi connectivity index (χ2v) is 7.42. The predicted molar refractivity (Wildman–Crippen MR) is 94.6 cm³/mol. The Morgan fingerprint density at radius 1 is 1.26 bits per heavy atom. The smallest absolute Gasteiger partial charge is 0.137 e. The summed E-state index contributed by atoms with van der Waals surface area (Å²) >= 11 is 0. The van der Waals surface area contributed by atoms with Crippen LogP contribution >= 0.6 is 0 Å². The van der Waals surface area contributed by atoms with E-state index in [2.05, 4.69) is 39.2 Å². The van der Waals surface area contributed by atoms with Gasteiger partial charge in [0.2, 0.25) is 0 Å². The second-order valence-electron chi connectivity index (χ2n) is 7.42. The van der Waals surface area contributed by atoms with Crippen molar-refractivity contribution < 1.29 is 0 Å². The fraction of sp³-hybridized carbons (Fsp3) is 0.632. The fourth-order valence-corrected chi connectivity index (χ4v) is 4.38. The maximum Gasteiger partial charge on any atom is 0.137 e. The highest BCUT2D eigenvalue weighted by Gasteiger charge is 2.25. The first kappa shape index (κ1) is 15.2. The number of rotatable bonds is 3. The van der Waals surface area contributed by atoms with Crippen LogP contribution in [0.3, 0.4) is 0 Å². The molecule has 2 fully saturated rings. The van der Waals surface area contributed by atoms with E-state index < -0.39 is 0 Å². The van der Waals surface area contributed by atoms with Gasteiger partial charge >= 0.3 is 0 Å². The van der Waals surface area contributed by atoms with Gasteiger partial charge in [0.15, 0.2) is 0 Å². The Hall–Kier alpha value is -1.39. The fourth-order valence-electron chi connectivity index (χ4n) is 4.38. The minimum Gasteiger partial charge on any atom is -0.343 e. The number of pyridine rings is 1. The molecule has 0 saturated carbocycles. The molecule has 0 aliphatic carbocycles. The van der Waals surface area contributed by atoms with Crippen LogP contribution in [-0.2, 0) is 6.54 Å².